The van der Waals surface area contributed by atoms with Crippen molar-refractivity contribution in [2.75, 3.05) is 20.0 Å². The zero-order chi connectivity index (χ0) is 12.1. The number of rotatable bonds is 4. The lowest BCUT2D eigenvalue weighted by atomic mass is 10.2. The van der Waals surface area contributed by atoms with Gasteiger partial charge in [0.2, 0.25) is 5.91 Å². The fourth-order valence-electron chi connectivity index (χ4n) is 1.27. The fourth-order valence-corrected chi connectivity index (χ4v) is 1.48. The highest BCUT2D eigenvalue weighted by atomic mass is 35.5. The van der Waals surface area contributed by atoms with Crippen LogP contribution in [0.4, 0.5) is 4.39 Å². The first kappa shape index (κ1) is 12.8. The summed E-state index contributed by atoms with van der Waals surface area (Å²) in [5.74, 6) is -0.519. The highest BCUT2D eigenvalue weighted by Gasteiger charge is 2.09. The third-order valence-electron chi connectivity index (χ3n) is 2.18. The molecule has 0 N–H and O–H groups in total. The summed E-state index contributed by atoms with van der Waals surface area (Å²) >= 11 is 5.41. The SMILES string of the molecule is COc1ccc(CN(C)C(=O)CCl)cc1F. The van der Waals surface area contributed by atoms with Gasteiger partial charge in [-0.25, -0.2) is 4.39 Å². The molecule has 1 amide bonds. The van der Waals surface area contributed by atoms with Crippen LogP contribution in [0.5, 0.6) is 5.75 Å². The quantitative estimate of drug-likeness (QED) is 0.760. The van der Waals surface area contributed by atoms with Crippen LogP contribution in [0, 0.1) is 5.82 Å². The first-order chi connectivity index (χ1) is 7.58. The Labute approximate surface area is 98.8 Å². The van der Waals surface area contributed by atoms with E-state index in [2.05, 4.69) is 0 Å². The molecular formula is C11H13ClFNO2. The summed E-state index contributed by atoms with van der Waals surface area (Å²) in [7, 11) is 3.02. The van der Waals surface area contributed by atoms with Gasteiger partial charge in [-0.1, -0.05) is 6.07 Å². The van der Waals surface area contributed by atoms with E-state index >= 15 is 0 Å². The molecular weight excluding hydrogens is 233 g/mol. The maximum absolute atomic E-state index is 13.3. The molecule has 0 fully saturated rings. The number of carbonyl (C=O) groups excluding carboxylic acids is 1. The van der Waals surface area contributed by atoms with Crippen LogP contribution in [-0.4, -0.2) is 30.8 Å². The van der Waals surface area contributed by atoms with Gasteiger partial charge >= 0.3 is 0 Å². The Morgan fingerprint density at radius 2 is 2.25 bits per heavy atom. The molecule has 1 aromatic carbocycles. The third kappa shape index (κ3) is 3.10. The molecule has 5 heteroatoms. The number of nitrogens with zero attached hydrogens (tertiary/aromatic N) is 1. The van der Waals surface area contributed by atoms with Gasteiger partial charge in [0, 0.05) is 13.6 Å². The van der Waals surface area contributed by atoms with Crippen molar-refractivity contribution >= 4 is 17.5 Å². The van der Waals surface area contributed by atoms with Gasteiger partial charge in [0.25, 0.3) is 0 Å². The van der Waals surface area contributed by atoms with Crippen molar-refractivity contribution in [1.29, 1.82) is 0 Å². The predicted octanol–water partition coefficient (Wildman–Crippen LogP) is 2.03. The second kappa shape index (κ2) is 5.70. The lowest BCUT2D eigenvalue weighted by Gasteiger charge is -2.16. The Morgan fingerprint density at radius 3 is 2.75 bits per heavy atom. The average Bonchev–Trinajstić information content (AvgIpc) is 2.28. The van der Waals surface area contributed by atoms with Crippen molar-refractivity contribution in [2.45, 2.75) is 6.54 Å². The number of benzene rings is 1. The second-order valence-electron chi connectivity index (χ2n) is 3.35. The van der Waals surface area contributed by atoms with Crippen LogP contribution in [0.3, 0.4) is 0 Å². The predicted molar refractivity (Wildman–Crippen MR) is 60.1 cm³/mol. The summed E-state index contributed by atoms with van der Waals surface area (Å²) in [5.41, 5.74) is 0.694. The molecule has 0 radical (unpaired) electrons. The molecule has 0 heterocycles. The Balaban J connectivity index is 2.75. The Hall–Kier alpha value is -1.29. The van der Waals surface area contributed by atoms with Crippen LogP contribution in [0.1, 0.15) is 5.56 Å². The standard InChI is InChI=1S/C11H13ClFNO2/c1-14(11(15)6-12)7-8-3-4-10(16-2)9(13)5-8/h3-5H,6-7H2,1-2H3. The number of ether oxygens (including phenoxy) is 1. The number of amides is 1. The van der Waals surface area contributed by atoms with E-state index in [1.54, 1.807) is 13.1 Å². The summed E-state index contributed by atoms with van der Waals surface area (Å²) in [6.07, 6.45) is 0. The number of alkyl halides is 1. The monoisotopic (exact) mass is 245 g/mol. The lowest BCUT2D eigenvalue weighted by molar-refractivity contribution is -0.127. The molecule has 1 rings (SSSR count). The number of carbonyl (C=O) groups is 1. The van der Waals surface area contributed by atoms with Crippen LogP contribution in [0.15, 0.2) is 18.2 Å². The van der Waals surface area contributed by atoms with Gasteiger partial charge in [-0.05, 0) is 17.7 Å². The van der Waals surface area contributed by atoms with Gasteiger partial charge in [-0.2, -0.15) is 0 Å². The van der Waals surface area contributed by atoms with Crippen LogP contribution < -0.4 is 4.74 Å². The minimum atomic E-state index is -0.438. The Bertz CT molecular complexity index is 384. The van der Waals surface area contributed by atoms with Gasteiger partial charge in [0.05, 0.1) is 7.11 Å². The molecule has 3 nitrogen and oxygen atoms in total. The van der Waals surface area contributed by atoms with Gasteiger partial charge in [0.1, 0.15) is 5.88 Å². The summed E-state index contributed by atoms with van der Waals surface area (Å²) in [6.45, 7) is 0.326. The van der Waals surface area contributed by atoms with Crippen LogP contribution >= 0.6 is 11.6 Å². The molecule has 0 saturated heterocycles. The van der Waals surface area contributed by atoms with E-state index in [0.717, 1.165) is 0 Å². The number of hydrogen-bond acceptors (Lipinski definition) is 2. The highest BCUT2D eigenvalue weighted by molar-refractivity contribution is 6.27. The topological polar surface area (TPSA) is 29.5 Å². The molecule has 0 saturated carbocycles. The number of hydrogen-bond donors (Lipinski definition) is 0. The summed E-state index contributed by atoms with van der Waals surface area (Å²) < 4.78 is 18.1. The summed E-state index contributed by atoms with van der Waals surface area (Å²) in [4.78, 5) is 12.6. The van der Waals surface area contributed by atoms with Gasteiger partial charge in [-0.15, -0.1) is 11.6 Å². The van der Waals surface area contributed by atoms with Gasteiger partial charge in [-0.3, -0.25) is 4.79 Å². The molecule has 0 aliphatic rings. The van der Waals surface area contributed by atoms with E-state index in [1.165, 1.54) is 24.1 Å². The minimum absolute atomic E-state index is 0.0743. The molecule has 16 heavy (non-hydrogen) atoms. The highest BCUT2D eigenvalue weighted by Crippen LogP contribution is 2.18. The van der Waals surface area contributed by atoms with Gasteiger partial charge < -0.3 is 9.64 Å². The van der Waals surface area contributed by atoms with Crippen molar-refractivity contribution in [1.82, 2.24) is 4.90 Å². The maximum atomic E-state index is 13.3. The zero-order valence-electron chi connectivity index (χ0n) is 9.17. The Kier molecular flexibility index (Phi) is 4.55. The van der Waals surface area contributed by atoms with E-state index in [9.17, 15) is 9.18 Å². The smallest absolute Gasteiger partial charge is 0.237 e. The van der Waals surface area contributed by atoms with Crippen molar-refractivity contribution < 1.29 is 13.9 Å². The number of methoxy groups -OCH3 is 1. The molecule has 0 aliphatic heterocycles. The molecule has 88 valence electrons. The van der Waals surface area contributed by atoms with Crippen molar-refractivity contribution in [3.05, 3.63) is 29.6 Å². The summed E-state index contributed by atoms with van der Waals surface area (Å²) in [6, 6.07) is 4.58. The van der Waals surface area contributed by atoms with Crippen LogP contribution in [0.25, 0.3) is 0 Å². The second-order valence-corrected chi connectivity index (χ2v) is 3.62. The third-order valence-corrected chi connectivity index (χ3v) is 2.40. The number of halogens is 2. The van der Waals surface area contributed by atoms with E-state index < -0.39 is 5.82 Å². The Morgan fingerprint density at radius 1 is 1.56 bits per heavy atom. The van der Waals surface area contributed by atoms with E-state index in [0.29, 0.717) is 12.1 Å². The molecule has 1 aromatic rings. The normalized spacial score (nSPS) is 10.0. The molecule has 0 aromatic heterocycles. The van der Waals surface area contributed by atoms with E-state index in [1.807, 2.05) is 0 Å². The lowest BCUT2D eigenvalue weighted by Crippen LogP contribution is -2.27. The largest absolute Gasteiger partial charge is 0.494 e. The zero-order valence-corrected chi connectivity index (χ0v) is 9.92. The fraction of sp³-hybridized carbons (Fsp3) is 0.364. The van der Waals surface area contributed by atoms with Crippen molar-refractivity contribution in [3.63, 3.8) is 0 Å². The minimum Gasteiger partial charge on any atom is -0.494 e. The molecule has 0 spiro atoms. The molecule has 0 unspecified atom stereocenters. The van der Waals surface area contributed by atoms with Crippen molar-refractivity contribution in [3.8, 4) is 5.75 Å². The van der Waals surface area contributed by atoms with Crippen LogP contribution in [-0.2, 0) is 11.3 Å². The van der Waals surface area contributed by atoms with Crippen LogP contribution in [0.2, 0.25) is 0 Å². The molecule has 0 atom stereocenters. The average molecular weight is 246 g/mol. The summed E-state index contributed by atoms with van der Waals surface area (Å²) in [5, 5.41) is 0. The molecule has 0 bridgehead atoms. The van der Waals surface area contributed by atoms with E-state index in [4.69, 9.17) is 16.3 Å². The molecule has 0 aliphatic carbocycles. The van der Waals surface area contributed by atoms with Crippen molar-refractivity contribution in [2.24, 2.45) is 0 Å². The first-order valence-corrected chi connectivity index (χ1v) is 5.24. The first-order valence-electron chi connectivity index (χ1n) is 4.70. The maximum Gasteiger partial charge on any atom is 0.237 e. The van der Waals surface area contributed by atoms with E-state index in [-0.39, 0.29) is 17.5 Å². The van der Waals surface area contributed by atoms with Gasteiger partial charge in [0.15, 0.2) is 11.6 Å².